The number of sulfonamides is 1. The van der Waals surface area contributed by atoms with Crippen LogP contribution in [-0.2, 0) is 14.8 Å². The van der Waals surface area contributed by atoms with Crippen LogP contribution in [0.1, 0.15) is 29.0 Å². The molecule has 130 valence electrons. The molecule has 0 aliphatic rings. The highest BCUT2D eigenvalue weighted by atomic mass is 32.2. The lowest BCUT2D eigenvalue weighted by Crippen LogP contribution is -2.28. The fraction of sp³-hybridized carbons (Fsp3) is 0.375. The quantitative estimate of drug-likeness (QED) is 0.831. The Hall–Kier alpha value is -2.19. The molecule has 1 aromatic carbocycles. The SMILES string of the molecule is Cc1ccc(NC(=O)CCNS(=O)(=O)c2c(C)noc2C)c(C)c1. The molecule has 1 heterocycles. The van der Waals surface area contributed by atoms with Crippen LogP contribution < -0.4 is 10.0 Å². The van der Waals surface area contributed by atoms with Crippen molar-refractivity contribution in [3.05, 3.63) is 40.8 Å². The average molecular weight is 351 g/mol. The molecule has 0 radical (unpaired) electrons. The van der Waals surface area contributed by atoms with E-state index in [0.29, 0.717) is 5.69 Å². The third-order valence-electron chi connectivity index (χ3n) is 3.54. The van der Waals surface area contributed by atoms with Gasteiger partial charge in [-0.3, -0.25) is 4.79 Å². The number of nitrogens with zero attached hydrogens (tertiary/aromatic N) is 1. The normalized spacial score (nSPS) is 11.5. The van der Waals surface area contributed by atoms with Gasteiger partial charge in [0.05, 0.1) is 0 Å². The van der Waals surface area contributed by atoms with Crippen molar-refractivity contribution < 1.29 is 17.7 Å². The molecule has 2 rings (SSSR count). The molecule has 0 aliphatic heterocycles. The molecule has 24 heavy (non-hydrogen) atoms. The molecule has 1 aromatic heterocycles. The summed E-state index contributed by atoms with van der Waals surface area (Å²) in [6.07, 6.45) is 0.0237. The van der Waals surface area contributed by atoms with Gasteiger partial charge in [-0.15, -0.1) is 0 Å². The summed E-state index contributed by atoms with van der Waals surface area (Å²) in [4.78, 5) is 12.0. The van der Waals surface area contributed by atoms with Crippen molar-refractivity contribution in [2.24, 2.45) is 0 Å². The first-order valence-electron chi connectivity index (χ1n) is 7.50. The third kappa shape index (κ3) is 4.21. The number of hydrogen-bond donors (Lipinski definition) is 2. The second-order valence-electron chi connectivity index (χ2n) is 5.67. The second-order valence-corrected chi connectivity index (χ2v) is 7.37. The van der Waals surface area contributed by atoms with E-state index in [1.54, 1.807) is 6.92 Å². The van der Waals surface area contributed by atoms with Gasteiger partial charge in [0, 0.05) is 18.7 Å². The van der Waals surface area contributed by atoms with Gasteiger partial charge in [0.25, 0.3) is 0 Å². The molecular weight excluding hydrogens is 330 g/mol. The average Bonchev–Trinajstić information content (AvgIpc) is 2.81. The molecule has 0 spiro atoms. The minimum absolute atomic E-state index is 0.0108. The van der Waals surface area contributed by atoms with Gasteiger partial charge in [-0.25, -0.2) is 13.1 Å². The van der Waals surface area contributed by atoms with Crippen LogP contribution in [-0.4, -0.2) is 26.0 Å². The first-order chi connectivity index (χ1) is 11.2. The van der Waals surface area contributed by atoms with Crippen molar-refractivity contribution in [1.82, 2.24) is 9.88 Å². The third-order valence-corrected chi connectivity index (χ3v) is 5.24. The molecule has 0 saturated heterocycles. The number of aromatic nitrogens is 1. The van der Waals surface area contributed by atoms with Crippen LogP contribution in [0.2, 0.25) is 0 Å². The van der Waals surface area contributed by atoms with E-state index in [-0.39, 0.29) is 29.5 Å². The fourth-order valence-corrected chi connectivity index (χ4v) is 3.75. The van der Waals surface area contributed by atoms with E-state index in [0.717, 1.165) is 16.8 Å². The highest BCUT2D eigenvalue weighted by Crippen LogP contribution is 2.19. The van der Waals surface area contributed by atoms with Crippen molar-refractivity contribution in [2.45, 2.75) is 39.0 Å². The van der Waals surface area contributed by atoms with Gasteiger partial charge >= 0.3 is 0 Å². The predicted octanol–water partition coefficient (Wildman–Crippen LogP) is 2.22. The maximum absolute atomic E-state index is 12.2. The Morgan fingerprint density at radius 2 is 1.92 bits per heavy atom. The van der Waals surface area contributed by atoms with Crippen LogP contribution in [0.3, 0.4) is 0 Å². The van der Waals surface area contributed by atoms with Gasteiger partial charge in [0.2, 0.25) is 15.9 Å². The Morgan fingerprint density at radius 1 is 1.21 bits per heavy atom. The number of carbonyl (C=O) groups is 1. The monoisotopic (exact) mass is 351 g/mol. The lowest BCUT2D eigenvalue weighted by atomic mass is 10.1. The number of rotatable bonds is 6. The van der Waals surface area contributed by atoms with Gasteiger partial charge in [0.1, 0.15) is 10.6 Å². The van der Waals surface area contributed by atoms with Crippen molar-refractivity contribution >= 4 is 21.6 Å². The predicted molar refractivity (Wildman–Crippen MR) is 90.3 cm³/mol. The summed E-state index contributed by atoms with van der Waals surface area (Å²) >= 11 is 0. The van der Waals surface area contributed by atoms with Crippen molar-refractivity contribution in [1.29, 1.82) is 0 Å². The Kier molecular flexibility index (Phi) is 5.40. The zero-order valence-corrected chi connectivity index (χ0v) is 15.0. The zero-order valence-electron chi connectivity index (χ0n) is 14.1. The molecule has 2 aromatic rings. The summed E-state index contributed by atoms with van der Waals surface area (Å²) in [5.74, 6) is -0.0388. The summed E-state index contributed by atoms with van der Waals surface area (Å²) in [7, 11) is -3.75. The minimum Gasteiger partial charge on any atom is -0.360 e. The maximum Gasteiger partial charge on any atom is 0.245 e. The maximum atomic E-state index is 12.2. The highest BCUT2D eigenvalue weighted by Gasteiger charge is 2.23. The molecule has 8 heteroatoms. The number of hydrogen-bond acceptors (Lipinski definition) is 5. The first kappa shape index (κ1) is 18.2. The van der Waals surface area contributed by atoms with E-state index in [1.807, 2.05) is 32.0 Å². The van der Waals surface area contributed by atoms with Gasteiger partial charge in [-0.05, 0) is 39.3 Å². The molecule has 0 atom stereocenters. The van der Waals surface area contributed by atoms with E-state index < -0.39 is 10.0 Å². The summed E-state index contributed by atoms with van der Waals surface area (Å²) in [5, 5.41) is 6.40. The summed E-state index contributed by atoms with van der Waals surface area (Å²) < 4.78 is 31.7. The Balaban J connectivity index is 1.93. The van der Waals surface area contributed by atoms with Crippen LogP contribution in [0.15, 0.2) is 27.6 Å². The fourth-order valence-electron chi connectivity index (χ4n) is 2.40. The van der Waals surface area contributed by atoms with Gasteiger partial charge in [-0.1, -0.05) is 22.9 Å². The topological polar surface area (TPSA) is 101 Å². The molecular formula is C16H21N3O4S. The lowest BCUT2D eigenvalue weighted by Gasteiger charge is -2.10. The largest absolute Gasteiger partial charge is 0.360 e. The van der Waals surface area contributed by atoms with Crippen LogP contribution in [0, 0.1) is 27.7 Å². The Morgan fingerprint density at radius 3 is 2.50 bits per heavy atom. The first-order valence-corrected chi connectivity index (χ1v) is 8.98. The standard InChI is InChI=1S/C16H21N3O4S/c1-10-5-6-14(11(2)9-10)18-15(20)7-8-17-24(21,22)16-12(3)19-23-13(16)4/h5-6,9,17H,7-8H2,1-4H3,(H,18,20). The molecule has 2 N–H and O–H groups in total. The number of aryl methyl sites for hydroxylation is 4. The number of benzene rings is 1. The molecule has 0 aliphatic carbocycles. The Labute approximate surface area is 141 Å². The highest BCUT2D eigenvalue weighted by molar-refractivity contribution is 7.89. The van der Waals surface area contributed by atoms with Gasteiger partial charge in [0.15, 0.2) is 5.76 Å². The van der Waals surface area contributed by atoms with Crippen LogP contribution >= 0.6 is 0 Å². The van der Waals surface area contributed by atoms with E-state index in [2.05, 4.69) is 15.2 Å². The lowest BCUT2D eigenvalue weighted by molar-refractivity contribution is -0.116. The van der Waals surface area contributed by atoms with Gasteiger partial charge in [-0.2, -0.15) is 0 Å². The van der Waals surface area contributed by atoms with Gasteiger partial charge < -0.3 is 9.84 Å². The Bertz CT molecular complexity index is 837. The zero-order chi connectivity index (χ0) is 17.9. The van der Waals surface area contributed by atoms with Crippen LogP contribution in [0.4, 0.5) is 5.69 Å². The van der Waals surface area contributed by atoms with E-state index in [4.69, 9.17) is 4.52 Å². The van der Waals surface area contributed by atoms with Crippen molar-refractivity contribution in [3.63, 3.8) is 0 Å². The number of carbonyl (C=O) groups excluding carboxylic acids is 1. The minimum atomic E-state index is -3.75. The van der Waals surface area contributed by atoms with Crippen LogP contribution in [0.5, 0.6) is 0 Å². The second kappa shape index (κ2) is 7.14. The van der Waals surface area contributed by atoms with E-state index in [9.17, 15) is 13.2 Å². The van der Waals surface area contributed by atoms with E-state index in [1.165, 1.54) is 6.92 Å². The summed E-state index contributed by atoms with van der Waals surface area (Å²) in [6, 6.07) is 5.70. The molecule has 0 fully saturated rings. The van der Waals surface area contributed by atoms with E-state index >= 15 is 0 Å². The number of amides is 1. The number of nitrogens with one attached hydrogen (secondary N) is 2. The smallest absolute Gasteiger partial charge is 0.245 e. The van der Waals surface area contributed by atoms with Crippen molar-refractivity contribution in [2.75, 3.05) is 11.9 Å². The molecule has 1 amide bonds. The molecule has 0 unspecified atom stereocenters. The number of anilines is 1. The summed E-state index contributed by atoms with van der Waals surface area (Å²) in [6.45, 7) is 6.95. The molecule has 7 nitrogen and oxygen atoms in total. The molecule has 0 saturated carbocycles. The summed E-state index contributed by atoms with van der Waals surface area (Å²) in [5.41, 5.74) is 3.08. The molecule has 0 bridgehead atoms. The van der Waals surface area contributed by atoms with Crippen LogP contribution in [0.25, 0.3) is 0 Å². The van der Waals surface area contributed by atoms with Crippen molar-refractivity contribution in [3.8, 4) is 0 Å².